The molecule has 3 rings (SSSR count). The van der Waals surface area contributed by atoms with E-state index in [-0.39, 0.29) is 17.8 Å². The van der Waals surface area contributed by atoms with Crippen molar-refractivity contribution in [2.24, 2.45) is 0 Å². The van der Waals surface area contributed by atoms with Gasteiger partial charge in [-0.3, -0.25) is 9.78 Å². The standard InChI is InChI=1S/C22H22FN3O2/c1-15(2)28-21-9-7-19(8-10-21)26-22(27)17-11-20(14-24-13-17)25-12-16-3-5-18(23)6-4-16/h3-11,13-15,25H,12H2,1-2H3,(H,26,27). The lowest BCUT2D eigenvalue weighted by molar-refractivity contribution is 0.102. The highest BCUT2D eigenvalue weighted by atomic mass is 19.1. The first-order chi connectivity index (χ1) is 13.5. The van der Waals surface area contributed by atoms with Gasteiger partial charge in [-0.25, -0.2) is 4.39 Å². The maximum atomic E-state index is 13.0. The van der Waals surface area contributed by atoms with E-state index in [9.17, 15) is 9.18 Å². The average molecular weight is 379 g/mol. The molecule has 5 nitrogen and oxygen atoms in total. The van der Waals surface area contributed by atoms with Gasteiger partial charge in [0.1, 0.15) is 11.6 Å². The van der Waals surface area contributed by atoms with E-state index < -0.39 is 0 Å². The van der Waals surface area contributed by atoms with E-state index in [4.69, 9.17) is 4.74 Å². The van der Waals surface area contributed by atoms with Gasteiger partial charge >= 0.3 is 0 Å². The summed E-state index contributed by atoms with van der Waals surface area (Å²) in [5.74, 6) is 0.227. The number of hydrogen-bond acceptors (Lipinski definition) is 4. The zero-order chi connectivity index (χ0) is 19.9. The number of carbonyl (C=O) groups excluding carboxylic acids is 1. The highest BCUT2D eigenvalue weighted by Gasteiger charge is 2.08. The molecular weight excluding hydrogens is 357 g/mol. The monoisotopic (exact) mass is 379 g/mol. The van der Waals surface area contributed by atoms with Crippen LogP contribution < -0.4 is 15.4 Å². The Bertz CT molecular complexity index is 925. The lowest BCUT2D eigenvalue weighted by Gasteiger charge is -2.11. The van der Waals surface area contributed by atoms with Crippen molar-refractivity contribution in [3.8, 4) is 5.75 Å². The number of amides is 1. The Kier molecular flexibility index (Phi) is 6.22. The molecule has 2 N–H and O–H groups in total. The molecule has 0 atom stereocenters. The maximum Gasteiger partial charge on any atom is 0.257 e. The minimum atomic E-state index is -0.270. The van der Waals surface area contributed by atoms with Crippen LogP contribution in [0.4, 0.5) is 15.8 Å². The van der Waals surface area contributed by atoms with Crippen molar-refractivity contribution >= 4 is 17.3 Å². The summed E-state index contributed by atoms with van der Waals surface area (Å²) in [6.45, 7) is 4.42. The first kappa shape index (κ1) is 19.4. The number of halogens is 1. The molecule has 0 fully saturated rings. The minimum Gasteiger partial charge on any atom is -0.491 e. The number of rotatable bonds is 7. The number of benzene rings is 2. The van der Waals surface area contributed by atoms with Crippen LogP contribution in [0, 0.1) is 5.82 Å². The molecule has 0 aliphatic heterocycles. The summed E-state index contributed by atoms with van der Waals surface area (Å²) < 4.78 is 18.6. The zero-order valence-corrected chi connectivity index (χ0v) is 15.8. The van der Waals surface area contributed by atoms with Gasteiger partial charge in [0, 0.05) is 24.6 Å². The van der Waals surface area contributed by atoms with Crippen LogP contribution in [0.1, 0.15) is 29.8 Å². The normalized spacial score (nSPS) is 10.6. The Morgan fingerprint density at radius 1 is 1.04 bits per heavy atom. The van der Waals surface area contributed by atoms with E-state index in [2.05, 4.69) is 15.6 Å². The average Bonchev–Trinajstić information content (AvgIpc) is 2.69. The molecular formula is C22H22FN3O2. The quantitative estimate of drug-likeness (QED) is 0.615. The molecule has 1 heterocycles. The molecule has 6 heteroatoms. The summed E-state index contributed by atoms with van der Waals surface area (Å²) >= 11 is 0. The van der Waals surface area contributed by atoms with Crippen LogP contribution in [-0.4, -0.2) is 17.0 Å². The number of pyridine rings is 1. The van der Waals surface area contributed by atoms with E-state index in [1.165, 1.54) is 18.3 Å². The van der Waals surface area contributed by atoms with Gasteiger partial charge in [0.05, 0.1) is 17.4 Å². The summed E-state index contributed by atoms with van der Waals surface area (Å²) in [5, 5.41) is 6.03. The number of carbonyl (C=O) groups is 1. The topological polar surface area (TPSA) is 63.2 Å². The van der Waals surface area contributed by atoms with Crippen molar-refractivity contribution in [1.82, 2.24) is 4.98 Å². The Labute approximate surface area is 163 Å². The molecule has 1 amide bonds. The van der Waals surface area contributed by atoms with Gasteiger partial charge in [0.2, 0.25) is 0 Å². The molecule has 2 aromatic carbocycles. The van der Waals surface area contributed by atoms with E-state index in [1.54, 1.807) is 36.5 Å². The molecule has 28 heavy (non-hydrogen) atoms. The third kappa shape index (κ3) is 5.54. The van der Waals surface area contributed by atoms with Gasteiger partial charge in [-0.2, -0.15) is 0 Å². The van der Waals surface area contributed by atoms with Gasteiger partial charge in [-0.05, 0) is 61.9 Å². The molecule has 1 aromatic heterocycles. The predicted molar refractivity (Wildman–Crippen MR) is 108 cm³/mol. The van der Waals surface area contributed by atoms with Crippen LogP contribution in [0.2, 0.25) is 0 Å². The Hall–Kier alpha value is -3.41. The lowest BCUT2D eigenvalue weighted by atomic mass is 10.2. The second-order valence-electron chi connectivity index (χ2n) is 6.59. The summed E-state index contributed by atoms with van der Waals surface area (Å²) in [5.41, 5.74) is 2.75. The fourth-order valence-electron chi connectivity index (χ4n) is 2.56. The van der Waals surface area contributed by atoms with Gasteiger partial charge in [-0.15, -0.1) is 0 Å². The fraction of sp³-hybridized carbons (Fsp3) is 0.182. The van der Waals surface area contributed by atoms with Crippen LogP contribution in [0.3, 0.4) is 0 Å². The molecule has 0 unspecified atom stereocenters. The van der Waals surface area contributed by atoms with Gasteiger partial charge in [0.25, 0.3) is 5.91 Å². The number of nitrogens with one attached hydrogen (secondary N) is 2. The minimum absolute atomic E-state index is 0.0941. The van der Waals surface area contributed by atoms with Gasteiger partial charge in [-0.1, -0.05) is 12.1 Å². The second kappa shape index (κ2) is 8.99. The molecule has 0 spiro atoms. The fourth-order valence-corrected chi connectivity index (χ4v) is 2.56. The van der Waals surface area contributed by atoms with Crippen LogP contribution in [0.25, 0.3) is 0 Å². The zero-order valence-electron chi connectivity index (χ0n) is 15.8. The van der Waals surface area contributed by atoms with E-state index >= 15 is 0 Å². The van der Waals surface area contributed by atoms with Crippen LogP contribution >= 0.6 is 0 Å². The van der Waals surface area contributed by atoms with E-state index in [1.807, 2.05) is 26.0 Å². The van der Waals surface area contributed by atoms with E-state index in [0.29, 0.717) is 23.5 Å². The Morgan fingerprint density at radius 3 is 2.43 bits per heavy atom. The highest BCUT2D eigenvalue weighted by molar-refractivity contribution is 6.04. The molecule has 0 saturated heterocycles. The highest BCUT2D eigenvalue weighted by Crippen LogP contribution is 2.18. The summed E-state index contributed by atoms with van der Waals surface area (Å²) in [6.07, 6.45) is 3.24. The van der Waals surface area contributed by atoms with Crippen molar-refractivity contribution in [3.63, 3.8) is 0 Å². The maximum absolute atomic E-state index is 13.0. The summed E-state index contributed by atoms with van der Waals surface area (Å²) in [7, 11) is 0. The largest absolute Gasteiger partial charge is 0.491 e. The van der Waals surface area contributed by atoms with Crippen molar-refractivity contribution in [2.45, 2.75) is 26.5 Å². The number of hydrogen-bond donors (Lipinski definition) is 2. The molecule has 0 aliphatic carbocycles. The van der Waals surface area contributed by atoms with Crippen LogP contribution in [-0.2, 0) is 6.54 Å². The molecule has 3 aromatic rings. The Morgan fingerprint density at radius 2 is 1.75 bits per heavy atom. The molecule has 0 radical (unpaired) electrons. The summed E-state index contributed by atoms with van der Waals surface area (Å²) in [4.78, 5) is 16.6. The van der Waals surface area contributed by atoms with E-state index in [0.717, 1.165) is 11.3 Å². The first-order valence-corrected chi connectivity index (χ1v) is 9.01. The number of nitrogens with zero attached hydrogens (tertiary/aromatic N) is 1. The van der Waals surface area contributed by atoms with Crippen molar-refractivity contribution < 1.29 is 13.9 Å². The third-order valence-corrected chi connectivity index (χ3v) is 3.89. The number of ether oxygens (including phenoxy) is 1. The van der Waals surface area contributed by atoms with Crippen LogP contribution in [0.5, 0.6) is 5.75 Å². The number of anilines is 2. The van der Waals surface area contributed by atoms with Crippen molar-refractivity contribution in [2.75, 3.05) is 10.6 Å². The molecule has 144 valence electrons. The van der Waals surface area contributed by atoms with Crippen LogP contribution in [0.15, 0.2) is 67.0 Å². The van der Waals surface area contributed by atoms with Crippen molar-refractivity contribution in [1.29, 1.82) is 0 Å². The summed E-state index contributed by atoms with van der Waals surface area (Å²) in [6, 6.07) is 15.2. The second-order valence-corrected chi connectivity index (χ2v) is 6.59. The smallest absolute Gasteiger partial charge is 0.257 e. The SMILES string of the molecule is CC(C)Oc1ccc(NC(=O)c2cncc(NCc3ccc(F)cc3)c2)cc1. The molecule has 0 saturated carbocycles. The number of aromatic nitrogens is 1. The Balaban J connectivity index is 1.60. The van der Waals surface area contributed by atoms with Gasteiger partial charge in [0.15, 0.2) is 0 Å². The third-order valence-electron chi connectivity index (χ3n) is 3.89. The van der Waals surface area contributed by atoms with Crippen molar-refractivity contribution in [3.05, 3.63) is 83.9 Å². The van der Waals surface area contributed by atoms with Gasteiger partial charge < -0.3 is 15.4 Å². The lowest BCUT2D eigenvalue weighted by Crippen LogP contribution is -2.13. The first-order valence-electron chi connectivity index (χ1n) is 9.01. The molecule has 0 bridgehead atoms. The molecule has 0 aliphatic rings. The predicted octanol–water partition coefficient (Wildman–Crippen LogP) is 4.87.